The third-order valence-corrected chi connectivity index (χ3v) is 7.39. The fraction of sp³-hybridized carbons (Fsp3) is 1.00. The Morgan fingerprint density at radius 3 is 1.10 bits per heavy atom. The van der Waals surface area contributed by atoms with Gasteiger partial charge in [0.25, 0.3) is 0 Å². The van der Waals surface area contributed by atoms with E-state index in [4.69, 9.17) is 0 Å². The van der Waals surface area contributed by atoms with Gasteiger partial charge in [-0.1, -0.05) is 130 Å². The zero-order valence-corrected chi connectivity index (χ0v) is 21.7. The SMILES string of the molecule is CCCCCCCCCCCCC(CCCCCCCC)C(C)(C)N(CC)CC. The normalized spacial score (nSPS) is 13.3. The summed E-state index contributed by atoms with van der Waals surface area (Å²) >= 11 is 0. The predicted molar refractivity (Wildman–Crippen MR) is 135 cm³/mol. The van der Waals surface area contributed by atoms with E-state index in [9.17, 15) is 0 Å². The molecule has 0 amide bonds. The van der Waals surface area contributed by atoms with Crippen molar-refractivity contribution in [2.24, 2.45) is 5.92 Å². The molecule has 0 aliphatic rings. The Morgan fingerprint density at radius 1 is 0.483 bits per heavy atom. The predicted octanol–water partition coefficient (Wildman–Crippen LogP) is 9.78. The first-order valence-electron chi connectivity index (χ1n) is 13.8. The van der Waals surface area contributed by atoms with Gasteiger partial charge < -0.3 is 0 Å². The van der Waals surface area contributed by atoms with E-state index >= 15 is 0 Å². The Bertz CT molecular complexity index is 318. The minimum Gasteiger partial charge on any atom is -0.298 e. The molecule has 29 heavy (non-hydrogen) atoms. The third-order valence-electron chi connectivity index (χ3n) is 7.39. The average Bonchev–Trinajstić information content (AvgIpc) is 2.70. The topological polar surface area (TPSA) is 3.24 Å². The van der Waals surface area contributed by atoms with Crippen LogP contribution in [0.15, 0.2) is 0 Å². The summed E-state index contributed by atoms with van der Waals surface area (Å²) in [5.41, 5.74) is 0.353. The number of hydrogen-bond acceptors (Lipinski definition) is 1. The van der Waals surface area contributed by atoms with Crippen molar-refractivity contribution in [1.29, 1.82) is 0 Å². The van der Waals surface area contributed by atoms with Crippen molar-refractivity contribution in [3.63, 3.8) is 0 Å². The van der Waals surface area contributed by atoms with Crippen LogP contribution >= 0.6 is 0 Å². The van der Waals surface area contributed by atoms with Crippen LogP contribution in [0.3, 0.4) is 0 Å². The summed E-state index contributed by atoms with van der Waals surface area (Å²) < 4.78 is 0. The van der Waals surface area contributed by atoms with Gasteiger partial charge in [0.2, 0.25) is 0 Å². The molecule has 1 nitrogen and oxygen atoms in total. The summed E-state index contributed by atoms with van der Waals surface area (Å²) in [4.78, 5) is 2.71. The molecule has 0 aliphatic carbocycles. The second kappa shape index (κ2) is 19.9. The zero-order valence-electron chi connectivity index (χ0n) is 21.7. The van der Waals surface area contributed by atoms with E-state index in [2.05, 4.69) is 46.4 Å². The summed E-state index contributed by atoms with van der Waals surface area (Å²) in [6.07, 6.45) is 25.9. The lowest BCUT2D eigenvalue weighted by molar-refractivity contribution is 0.0602. The van der Waals surface area contributed by atoms with Crippen LogP contribution in [-0.2, 0) is 0 Å². The van der Waals surface area contributed by atoms with Crippen molar-refractivity contribution in [2.45, 2.75) is 163 Å². The molecule has 0 saturated heterocycles. The van der Waals surface area contributed by atoms with E-state index < -0.39 is 0 Å². The summed E-state index contributed by atoms with van der Waals surface area (Å²) in [5.74, 6) is 0.864. The Balaban J connectivity index is 4.21. The Labute approximate surface area is 186 Å². The Hall–Kier alpha value is -0.0400. The first-order valence-corrected chi connectivity index (χ1v) is 13.8. The molecular formula is C28H59N. The van der Waals surface area contributed by atoms with E-state index in [0.29, 0.717) is 5.54 Å². The molecule has 0 aromatic carbocycles. The minimum atomic E-state index is 0.353. The fourth-order valence-electron chi connectivity index (χ4n) is 5.20. The van der Waals surface area contributed by atoms with E-state index in [1.165, 1.54) is 129 Å². The zero-order chi connectivity index (χ0) is 21.8. The minimum absolute atomic E-state index is 0.353. The molecule has 176 valence electrons. The van der Waals surface area contributed by atoms with Crippen LogP contribution in [0.4, 0.5) is 0 Å². The van der Waals surface area contributed by atoms with Gasteiger partial charge >= 0.3 is 0 Å². The van der Waals surface area contributed by atoms with Crippen LogP contribution in [0.1, 0.15) is 157 Å². The highest BCUT2D eigenvalue weighted by atomic mass is 15.2. The molecule has 1 atom stereocenters. The maximum Gasteiger partial charge on any atom is 0.0181 e. The van der Waals surface area contributed by atoms with Crippen molar-refractivity contribution in [3.05, 3.63) is 0 Å². The molecule has 0 bridgehead atoms. The molecule has 0 aromatic heterocycles. The van der Waals surface area contributed by atoms with Gasteiger partial charge in [0.15, 0.2) is 0 Å². The second-order valence-corrected chi connectivity index (χ2v) is 10.0. The standard InChI is InChI=1S/C28H59N/c1-7-11-13-15-17-18-19-20-22-24-26-27(25-23-21-16-14-12-8-2)28(5,6)29(9-3)10-4/h27H,7-26H2,1-6H3. The van der Waals surface area contributed by atoms with Crippen LogP contribution in [0.25, 0.3) is 0 Å². The van der Waals surface area contributed by atoms with E-state index in [1.807, 2.05) is 0 Å². The lowest BCUT2D eigenvalue weighted by atomic mass is 9.78. The van der Waals surface area contributed by atoms with E-state index in [-0.39, 0.29) is 0 Å². The van der Waals surface area contributed by atoms with Gasteiger partial charge in [-0.2, -0.15) is 0 Å². The van der Waals surface area contributed by atoms with Gasteiger partial charge in [-0.3, -0.25) is 4.90 Å². The highest BCUT2D eigenvalue weighted by Crippen LogP contribution is 2.33. The summed E-state index contributed by atoms with van der Waals surface area (Å²) in [6, 6.07) is 0. The van der Waals surface area contributed by atoms with E-state index in [0.717, 1.165) is 5.92 Å². The monoisotopic (exact) mass is 409 g/mol. The van der Waals surface area contributed by atoms with Crippen LogP contribution in [0.2, 0.25) is 0 Å². The number of rotatable bonds is 22. The van der Waals surface area contributed by atoms with Gasteiger partial charge in [-0.05, 0) is 45.7 Å². The summed E-state index contributed by atoms with van der Waals surface area (Å²) in [5, 5.41) is 0. The summed E-state index contributed by atoms with van der Waals surface area (Å²) in [7, 11) is 0. The lowest BCUT2D eigenvalue weighted by Gasteiger charge is -2.44. The number of hydrogen-bond donors (Lipinski definition) is 0. The molecule has 1 heteroatoms. The average molecular weight is 410 g/mol. The van der Waals surface area contributed by atoms with Gasteiger partial charge in [-0.15, -0.1) is 0 Å². The molecule has 0 spiro atoms. The van der Waals surface area contributed by atoms with E-state index in [1.54, 1.807) is 0 Å². The lowest BCUT2D eigenvalue weighted by Crippen LogP contribution is -2.49. The molecule has 0 aromatic rings. The molecular weight excluding hydrogens is 350 g/mol. The maximum atomic E-state index is 2.71. The highest BCUT2D eigenvalue weighted by molar-refractivity contribution is 4.88. The van der Waals surface area contributed by atoms with Crippen molar-refractivity contribution in [2.75, 3.05) is 13.1 Å². The fourth-order valence-corrected chi connectivity index (χ4v) is 5.20. The number of unbranched alkanes of at least 4 members (excludes halogenated alkanes) is 14. The summed E-state index contributed by atoms with van der Waals surface area (Å²) in [6.45, 7) is 16.7. The van der Waals surface area contributed by atoms with Gasteiger partial charge in [0.05, 0.1) is 0 Å². The second-order valence-electron chi connectivity index (χ2n) is 10.0. The first-order chi connectivity index (χ1) is 14.0. The highest BCUT2D eigenvalue weighted by Gasteiger charge is 2.32. The molecule has 0 heterocycles. The third kappa shape index (κ3) is 14.6. The van der Waals surface area contributed by atoms with Crippen LogP contribution in [0, 0.1) is 5.92 Å². The van der Waals surface area contributed by atoms with Gasteiger partial charge in [-0.25, -0.2) is 0 Å². The van der Waals surface area contributed by atoms with Crippen molar-refractivity contribution in [1.82, 2.24) is 4.90 Å². The molecule has 0 rings (SSSR count). The molecule has 0 saturated carbocycles. The molecule has 1 unspecified atom stereocenters. The largest absolute Gasteiger partial charge is 0.298 e. The van der Waals surface area contributed by atoms with Crippen molar-refractivity contribution >= 4 is 0 Å². The maximum absolute atomic E-state index is 2.71. The Morgan fingerprint density at radius 2 is 0.793 bits per heavy atom. The van der Waals surface area contributed by atoms with Crippen molar-refractivity contribution in [3.8, 4) is 0 Å². The van der Waals surface area contributed by atoms with Crippen LogP contribution in [-0.4, -0.2) is 23.5 Å². The van der Waals surface area contributed by atoms with Crippen molar-refractivity contribution < 1.29 is 0 Å². The van der Waals surface area contributed by atoms with Gasteiger partial charge in [0, 0.05) is 5.54 Å². The van der Waals surface area contributed by atoms with Crippen LogP contribution in [0.5, 0.6) is 0 Å². The first kappa shape index (κ1) is 29.0. The quantitative estimate of drug-likeness (QED) is 0.161. The Kier molecular flexibility index (Phi) is 19.9. The molecule has 0 fully saturated rings. The van der Waals surface area contributed by atoms with Gasteiger partial charge in [0.1, 0.15) is 0 Å². The smallest absolute Gasteiger partial charge is 0.0181 e. The molecule has 0 radical (unpaired) electrons. The number of nitrogens with zero attached hydrogens (tertiary/aromatic N) is 1. The van der Waals surface area contributed by atoms with Crippen LogP contribution < -0.4 is 0 Å². The molecule has 0 aliphatic heterocycles. The molecule has 0 N–H and O–H groups in total.